The summed E-state index contributed by atoms with van der Waals surface area (Å²) >= 11 is 0. The zero-order valence-corrected chi connectivity index (χ0v) is 19.5. The Morgan fingerprint density at radius 2 is 1.61 bits per heavy atom. The Bertz CT molecular complexity index is 1380. The third kappa shape index (κ3) is 5.95. The average Bonchev–Trinajstić information content (AvgIpc) is 3.30. The molecule has 182 valence electrons. The van der Waals surface area contributed by atoms with Crippen LogP contribution >= 0.6 is 0 Å². The number of aromatic nitrogens is 2. The van der Waals surface area contributed by atoms with Gasteiger partial charge >= 0.3 is 5.97 Å². The molecule has 0 saturated heterocycles. The smallest absolute Gasteiger partial charge is 0.342 e. The standard InChI is InChI=1S/C27H24N4O5/c1-18-11-13-19(14-12-18)22-15-25(31(30-22)20-7-3-2-4-8-20)29-26(33)17-36-27(34)21-9-5-6-10-23(21)35-16-24(28)32/h2-15H,16-17H2,1H3,(H2,28,32)(H,29,33). The second-order valence-electron chi connectivity index (χ2n) is 7.90. The first-order valence-corrected chi connectivity index (χ1v) is 11.1. The zero-order chi connectivity index (χ0) is 25.5. The number of aryl methyl sites for hydroxylation is 1. The summed E-state index contributed by atoms with van der Waals surface area (Å²) in [6.45, 7) is 1.07. The van der Waals surface area contributed by atoms with E-state index in [2.05, 4.69) is 10.4 Å². The number of anilines is 1. The van der Waals surface area contributed by atoms with Crippen LogP contribution in [0.2, 0.25) is 0 Å². The maximum atomic E-state index is 12.7. The Hall–Kier alpha value is -4.92. The van der Waals surface area contributed by atoms with Gasteiger partial charge in [-0.1, -0.05) is 60.2 Å². The van der Waals surface area contributed by atoms with Crippen molar-refractivity contribution >= 4 is 23.6 Å². The molecule has 9 heteroatoms. The Balaban J connectivity index is 1.49. The van der Waals surface area contributed by atoms with Gasteiger partial charge in [0.2, 0.25) is 0 Å². The fourth-order valence-electron chi connectivity index (χ4n) is 3.40. The second kappa shape index (κ2) is 11.0. The number of para-hydroxylation sites is 2. The zero-order valence-electron chi connectivity index (χ0n) is 19.5. The lowest BCUT2D eigenvalue weighted by Gasteiger charge is -2.11. The van der Waals surface area contributed by atoms with E-state index in [9.17, 15) is 14.4 Å². The van der Waals surface area contributed by atoms with Gasteiger partial charge in [0.15, 0.2) is 13.2 Å². The number of carbonyl (C=O) groups excluding carboxylic acids is 3. The first-order valence-electron chi connectivity index (χ1n) is 11.1. The fourth-order valence-corrected chi connectivity index (χ4v) is 3.40. The molecule has 4 aromatic rings. The number of nitrogens with one attached hydrogen (secondary N) is 1. The highest BCUT2D eigenvalue weighted by Crippen LogP contribution is 2.25. The first-order chi connectivity index (χ1) is 17.4. The van der Waals surface area contributed by atoms with Crippen molar-refractivity contribution in [2.24, 2.45) is 5.73 Å². The van der Waals surface area contributed by atoms with Crippen molar-refractivity contribution in [3.05, 3.63) is 96.1 Å². The Kier molecular flexibility index (Phi) is 7.40. The number of esters is 1. The van der Waals surface area contributed by atoms with Crippen molar-refractivity contribution in [2.45, 2.75) is 6.92 Å². The molecule has 36 heavy (non-hydrogen) atoms. The van der Waals surface area contributed by atoms with E-state index in [1.54, 1.807) is 22.9 Å². The number of rotatable bonds is 9. The molecule has 0 saturated carbocycles. The number of hydrogen-bond donors (Lipinski definition) is 2. The highest BCUT2D eigenvalue weighted by molar-refractivity contribution is 5.97. The van der Waals surface area contributed by atoms with Gasteiger partial charge in [-0.15, -0.1) is 0 Å². The molecule has 0 aliphatic rings. The maximum absolute atomic E-state index is 12.7. The van der Waals surface area contributed by atoms with E-state index in [1.807, 2.05) is 61.5 Å². The number of primary amides is 1. The summed E-state index contributed by atoms with van der Waals surface area (Å²) < 4.78 is 12.0. The van der Waals surface area contributed by atoms with Crippen LogP contribution in [0.4, 0.5) is 5.82 Å². The van der Waals surface area contributed by atoms with Gasteiger partial charge in [0.1, 0.15) is 17.1 Å². The minimum absolute atomic E-state index is 0.0718. The van der Waals surface area contributed by atoms with Crippen LogP contribution in [-0.4, -0.2) is 40.8 Å². The molecule has 0 aliphatic heterocycles. The van der Waals surface area contributed by atoms with Crippen LogP contribution in [0, 0.1) is 6.92 Å². The number of nitrogens with two attached hydrogens (primary N) is 1. The summed E-state index contributed by atoms with van der Waals surface area (Å²) in [5.41, 5.74) is 8.61. The predicted octanol–water partition coefficient (Wildman–Crippen LogP) is 3.51. The van der Waals surface area contributed by atoms with Gasteiger partial charge in [0.05, 0.1) is 11.4 Å². The maximum Gasteiger partial charge on any atom is 0.342 e. The van der Waals surface area contributed by atoms with E-state index in [4.69, 9.17) is 15.2 Å². The Morgan fingerprint density at radius 1 is 0.917 bits per heavy atom. The highest BCUT2D eigenvalue weighted by atomic mass is 16.5. The SMILES string of the molecule is Cc1ccc(-c2cc(NC(=O)COC(=O)c3ccccc3OCC(N)=O)n(-c3ccccc3)n2)cc1. The molecule has 0 spiro atoms. The summed E-state index contributed by atoms with van der Waals surface area (Å²) in [7, 11) is 0. The molecule has 0 unspecified atom stereocenters. The number of hydrogen-bond acceptors (Lipinski definition) is 6. The molecule has 0 aliphatic carbocycles. The molecule has 0 fully saturated rings. The van der Waals surface area contributed by atoms with Crippen LogP contribution in [0.25, 0.3) is 16.9 Å². The topological polar surface area (TPSA) is 126 Å². The lowest BCUT2D eigenvalue weighted by molar-refractivity contribution is -0.120. The van der Waals surface area contributed by atoms with Gasteiger partial charge in [-0.3, -0.25) is 9.59 Å². The number of nitrogens with zero attached hydrogens (tertiary/aromatic N) is 2. The van der Waals surface area contributed by atoms with Crippen LogP contribution in [0.1, 0.15) is 15.9 Å². The largest absolute Gasteiger partial charge is 0.483 e. The molecular weight excluding hydrogens is 460 g/mol. The van der Waals surface area contributed by atoms with Gasteiger partial charge < -0.3 is 20.5 Å². The van der Waals surface area contributed by atoms with Gasteiger partial charge in [-0.05, 0) is 31.2 Å². The van der Waals surface area contributed by atoms with E-state index in [1.165, 1.54) is 12.1 Å². The Labute approximate surface area is 207 Å². The van der Waals surface area contributed by atoms with Crippen molar-refractivity contribution in [3.63, 3.8) is 0 Å². The summed E-state index contributed by atoms with van der Waals surface area (Å²) in [6.07, 6.45) is 0. The predicted molar refractivity (Wildman–Crippen MR) is 134 cm³/mol. The summed E-state index contributed by atoms with van der Waals surface area (Å²) in [4.78, 5) is 36.3. The molecule has 1 aromatic heterocycles. The van der Waals surface area contributed by atoms with E-state index in [0.29, 0.717) is 11.5 Å². The average molecular weight is 485 g/mol. The van der Waals surface area contributed by atoms with E-state index in [0.717, 1.165) is 16.8 Å². The van der Waals surface area contributed by atoms with Crippen molar-refractivity contribution in [1.82, 2.24) is 9.78 Å². The number of carbonyl (C=O) groups is 3. The quantitative estimate of drug-likeness (QED) is 0.350. The van der Waals surface area contributed by atoms with Crippen molar-refractivity contribution in [1.29, 1.82) is 0 Å². The lowest BCUT2D eigenvalue weighted by atomic mass is 10.1. The Morgan fingerprint density at radius 3 is 2.33 bits per heavy atom. The van der Waals surface area contributed by atoms with Gasteiger partial charge in [-0.2, -0.15) is 5.10 Å². The van der Waals surface area contributed by atoms with Crippen LogP contribution in [0.5, 0.6) is 5.75 Å². The van der Waals surface area contributed by atoms with Crippen molar-refractivity contribution in [3.8, 4) is 22.7 Å². The normalized spacial score (nSPS) is 10.5. The molecule has 3 N–H and O–H groups in total. The fraction of sp³-hybridized carbons (Fsp3) is 0.111. The molecule has 0 atom stereocenters. The molecule has 0 radical (unpaired) electrons. The van der Waals surface area contributed by atoms with Gasteiger partial charge in [-0.25, -0.2) is 9.48 Å². The molecule has 0 bridgehead atoms. The minimum atomic E-state index is -0.776. The molecule has 2 amide bonds. The lowest BCUT2D eigenvalue weighted by Crippen LogP contribution is -2.23. The van der Waals surface area contributed by atoms with Crippen LogP contribution < -0.4 is 15.8 Å². The van der Waals surface area contributed by atoms with Gasteiger partial charge in [0, 0.05) is 11.6 Å². The molecule has 3 aromatic carbocycles. The molecular formula is C27H24N4O5. The van der Waals surface area contributed by atoms with Crippen LogP contribution in [0.3, 0.4) is 0 Å². The van der Waals surface area contributed by atoms with Crippen molar-refractivity contribution < 1.29 is 23.9 Å². The summed E-state index contributed by atoms with van der Waals surface area (Å²) in [5.74, 6) is -1.46. The molecule has 9 nitrogen and oxygen atoms in total. The first kappa shape index (κ1) is 24.2. The summed E-state index contributed by atoms with van der Waals surface area (Å²) in [5, 5.41) is 7.43. The second-order valence-corrected chi connectivity index (χ2v) is 7.90. The highest BCUT2D eigenvalue weighted by Gasteiger charge is 2.18. The molecule has 4 rings (SSSR count). The molecule has 1 heterocycles. The van der Waals surface area contributed by atoms with E-state index >= 15 is 0 Å². The third-order valence-corrected chi connectivity index (χ3v) is 5.14. The van der Waals surface area contributed by atoms with Crippen LogP contribution in [-0.2, 0) is 14.3 Å². The third-order valence-electron chi connectivity index (χ3n) is 5.14. The van der Waals surface area contributed by atoms with Crippen LogP contribution in [0.15, 0.2) is 84.9 Å². The van der Waals surface area contributed by atoms with E-state index in [-0.39, 0.29) is 11.3 Å². The number of amides is 2. The number of benzene rings is 3. The van der Waals surface area contributed by atoms with Crippen molar-refractivity contribution in [2.75, 3.05) is 18.5 Å². The minimum Gasteiger partial charge on any atom is -0.483 e. The van der Waals surface area contributed by atoms with E-state index < -0.39 is 31.0 Å². The van der Waals surface area contributed by atoms with Gasteiger partial charge in [0.25, 0.3) is 11.8 Å². The summed E-state index contributed by atoms with van der Waals surface area (Å²) in [6, 6.07) is 25.2. The monoisotopic (exact) mass is 484 g/mol. The number of ether oxygens (including phenoxy) is 2.